The van der Waals surface area contributed by atoms with E-state index in [0.717, 1.165) is 5.92 Å². The SMILES string of the molecule is NC1CCCCCC1N1CCC(c2ccccc2)C1. The van der Waals surface area contributed by atoms with Gasteiger partial charge in [0.05, 0.1) is 0 Å². The number of likely N-dealkylation sites (tertiary alicyclic amines) is 1. The lowest BCUT2D eigenvalue weighted by Crippen LogP contribution is -2.46. The van der Waals surface area contributed by atoms with Gasteiger partial charge in [0.1, 0.15) is 0 Å². The van der Waals surface area contributed by atoms with Gasteiger partial charge in [-0.05, 0) is 37.3 Å². The van der Waals surface area contributed by atoms with Crippen molar-refractivity contribution in [3.05, 3.63) is 35.9 Å². The van der Waals surface area contributed by atoms with Crippen LogP contribution in [0.2, 0.25) is 0 Å². The predicted molar refractivity (Wildman–Crippen MR) is 80.2 cm³/mol. The van der Waals surface area contributed by atoms with Crippen LogP contribution in [-0.4, -0.2) is 30.1 Å². The summed E-state index contributed by atoms with van der Waals surface area (Å²) in [5.41, 5.74) is 7.91. The molecule has 0 spiro atoms. The first-order valence-electron chi connectivity index (χ1n) is 7.89. The van der Waals surface area contributed by atoms with E-state index >= 15 is 0 Å². The van der Waals surface area contributed by atoms with Crippen molar-refractivity contribution in [2.24, 2.45) is 5.73 Å². The molecule has 2 nitrogen and oxygen atoms in total. The molecule has 3 unspecified atom stereocenters. The van der Waals surface area contributed by atoms with Crippen molar-refractivity contribution >= 4 is 0 Å². The quantitative estimate of drug-likeness (QED) is 0.826. The van der Waals surface area contributed by atoms with Crippen LogP contribution in [0.5, 0.6) is 0 Å². The van der Waals surface area contributed by atoms with Gasteiger partial charge in [0.25, 0.3) is 0 Å². The van der Waals surface area contributed by atoms with Crippen LogP contribution in [0, 0.1) is 0 Å². The summed E-state index contributed by atoms with van der Waals surface area (Å²) in [5, 5.41) is 0. The average molecular weight is 258 g/mol. The van der Waals surface area contributed by atoms with Gasteiger partial charge in [0, 0.05) is 18.6 Å². The standard InChI is InChI=1S/C17H26N2/c18-16-9-5-2-6-10-17(16)19-12-11-15(13-19)14-7-3-1-4-8-14/h1,3-4,7-8,15-17H,2,5-6,9-13,18H2. The Kier molecular flexibility index (Phi) is 4.19. The van der Waals surface area contributed by atoms with Gasteiger partial charge in [-0.2, -0.15) is 0 Å². The summed E-state index contributed by atoms with van der Waals surface area (Å²) in [6, 6.07) is 12.0. The first-order valence-corrected chi connectivity index (χ1v) is 7.89. The Morgan fingerprint density at radius 3 is 2.58 bits per heavy atom. The van der Waals surface area contributed by atoms with E-state index in [1.807, 2.05) is 0 Å². The van der Waals surface area contributed by atoms with Gasteiger partial charge < -0.3 is 5.73 Å². The van der Waals surface area contributed by atoms with Gasteiger partial charge in [-0.1, -0.05) is 49.6 Å². The molecule has 0 bridgehead atoms. The Morgan fingerprint density at radius 2 is 1.74 bits per heavy atom. The second kappa shape index (κ2) is 6.06. The van der Waals surface area contributed by atoms with Gasteiger partial charge in [-0.25, -0.2) is 0 Å². The van der Waals surface area contributed by atoms with E-state index in [4.69, 9.17) is 5.73 Å². The number of nitrogens with two attached hydrogens (primary N) is 1. The zero-order valence-corrected chi connectivity index (χ0v) is 11.8. The van der Waals surface area contributed by atoms with Crippen molar-refractivity contribution in [2.75, 3.05) is 13.1 Å². The zero-order valence-electron chi connectivity index (χ0n) is 11.8. The van der Waals surface area contributed by atoms with Crippen LogP contribution in [0.3, 0.4) is 0 Å². The maximum absolute atomic E-state index is 6.40. The first kappa shape index (κ1) is 13.1. The summed E-state index contributed by atoms with van der Waals surface area (Å²) in [4.78, 5) is 2.67. The molecule has 0 amide bonds. The highest BCUT2D eigenvalue weighted by Gasteiger charge is 2.32. The Labute approximate surface area is 117 Å². The monoisotopic (exact) mass is 258 g/mol. The molecule has 1 aromatic carbocycles. The Morgan fingerprint density at radius 1 is 0.947 bits per heavy atom. The van der Waals surface area contributed by atoms with E-state index in [1.54, 1.807) is 0 Å². The average Bonchev–Trinajstić information content (AvgIpc) is 2.83. The summed E-state index contributed by atoms with van der Waals surface area (Å²) < 4.78 is 0. The van der Waals surface area contributed by atoms with Crippen LogP contribution in [-0.2, 0) is 0 Å². The molecule has 0 radical (unpaired) electrons. The number of nitrogens with zero attached hydrogens (tertiary/aromatic N) is 1. The van der Waals surface area contributed by atoms with E-state index in [1.165, 1.54) is 57.2 Å². The summed E-state index contributed by atoms with van der Waals surface area (Å²) in [5.74, 6) is 0.719. The third-order valence-electron chi connectivity index (χ3n) is 4.99. The summed E-state index contributed by atoms with van der Waals surface area (Å²) in [7, 11) is 0. The fraction of sp³-hybridized carbons (Fsp3) is 0.647. The fourth-order valence-corrected chi connectivity index (χ4v) is 3.86. The van der Waals surface area contributed by atoms with Crippen molar-refractivity contribution < 1.29 is 0 Å². The van der Waals surface area contributed by atoms with Crippen LogP contribution in [0.15, 0.2) is 30.3 Å². The molecule has 1 aliphatic heterocycles. The zero-order chi connectivity index (χ0) is 13.1. The molecule has 1 heterocycles. The molecule has 1 aromatic rings. The minimum atomic E-state index is 0.400. The third-order valence-corrected chi connectivity index (χ3v) is 4.99. The second-order valence-electron chi connectivity index (χ2n) is 6.26. The van der Waals surface area contributed by atoms with Gasteiger partial charge >= 0.3 is 0 Å². The smallest absolute Gasteiger partial charge is 0.0247 e. The van der Waals surface area contributed by atoms with Crippen LogP contribution < -0.4 is 5.73 Å². The van der Waals surface area contributed by atoms with Gasteiger partial charge in [0.2, 0.25) is 0 Å². The normalized spacial score (nSPS) is 33.2. The summed E-state index contributed by atoms with van der Waals surface area (Å²) in [6.07, 6.45) is 7.89. The van der Waals surface area contributed by atoms with E-state index in [0.29, 0.717) is 12.1 Å². The van der Waals surface area contributed by atoms with Crippen molar-refractivity contribution in [1.29, 1.82) is 0 Å². The largest absolute Gasteiger partial charge is 0.326 e. The molecule has 2 aliphatic rings. The minimum absolute atomic E-state index is 0.400. The van der Waals surface area contributed by atoms with Gasteiger partial charge in [-0.3, -0.25) is 4.90 Å². The highest BCUT2D eigenvalue weighted by molar-refractivity contribution is 5.21. The Balaban J connectivity index is 1.65. The lowest BCUT2D eigenvalue weighted by Gasteiger charge is -2.31. The van der Waals surface area contributed by atoms with Crippen LogP contribution >= 0.6 is 0 Å². The topological polar surface area (TPSA) is 29.3 Å². The fourth-order valence-electron chi connectivity index (χ4n) is 3.86. The Bertz CT molecular complexity index is 390. The van der Waals surface area contributed by atoms with Gasteiger partial charge in [-0.15, -0.1) is 0 Å². The molecule has 2 heteroatoms. The second-order valence-corrected chi connectivity index (χ2v) is 6.26. The van der Waals surface area contributed by atoms with E-state index < -0.39 is 0 Å². The number of hydrogen-bond donors (Lipinski definition) is 1. The lowest BCUT2D eigenvalue weighted by molar-refractivity contribution is 0.198. The first-order chi connectivity index (χ1) is 9.34. The molecule has 0 aromatic heterocycles. The Hall–Kier alpha value is -0.860. The number of hydrogen-bond acceptors (Lipinski definition) is 2. The lowest BCUT2D eigenvalue weighted by atomic mass is 9.98. The number of rotatable bonds is 2. The molecular formula is C17H26N2. The van der Waals surface area contributed by atoms with Crippen molar-refractivity contribution in [3.63, 3.8) is 0 Å². The van der Waals surface area contributed by atoms with Crippen molar-refractivity contribution in [1.82, 2.24) is 4.90 Å². The molecule has 104 valence electrons. The molecule has 2 fully saturated rings. The van der Waals surface area contributed by atoms with E-state index in [9.17, 15) is 0 Å². The van der Waals surface area contributed by atoms with Crippen LogP contribution in [0.25, 0.3) is 0 Å². The molecule has 3 atom stereocenters. The molecule has 1 aliphatic carbocycles. The maximum Gasteiger partial charge on any atom is 0.0247 e. The van der Waals surface area contributed by atoms with Gasteiger partial charge in [0.15, 0.2) is 0 Å². The molecular weight excluding hydrogens is 232 g/mol. The highest BCUT2D eigenvalue weighted by Crippen LogP contribution is 2.31. The van der Waals surface area contributed by atoms with Crippen molar-refractivity contribution in [2.45, 2.75) is 56.5 Å². The maximum atomic E-state index is 6.40. The highest BCUT2D eigenvalue weighted by atomic mass is 15.2. The predicted octanol–water partition coefficient (Wildman–Crippen LogP) is 3.14. The van der Waals surface area contributed by atoms with E-state index in [-0.39, 0.29) is 0 Å². The molecule has 19 heavy (non-hydrogen) atoms. The number of benzene rings is 1. The molecule has 3 rings (SSSR count). The van der Waals surface area contributed by atoms with E-state index in [2.05, 4.69) is 35.2 Å². The minimum Gasteiger partial charge on any atom is -0.326 e. The van der Waals surface area contributed by atoms with Crippen LogP contribution in [0.1, 0.15) is 50.0 Å². The van der Waals surface area contributed by atoms with Crippen LogP contribution in [0.4, 0.5) is 0 Å². The van der Waals surface area contributed by atoms with Crippen molar-refractivity contribution in [3.8, 4) is 0 Å². The molecule has 2 N–H and O–H groups in total. The summed E-state index contributed by atoms with van der Waals surface area (Å²) >= 11 is 0. The third kappa shape index (κ3) is 3.01. The summed E-state index contributed by atoms with van der Waals surface area (Å²) in [6.45, 7) is 2.44. The molecule has 1 saturated carbocycles. The molecule has 1 saturated heterocycles.